The summed E-state index contributed by atoms with van der Waals surface area (Å²) in [6, 6.07) is 0. The van der Waals surface area contributed by atoms with Crippen molar-refractivity contribution < 1.29 is 15.0 Å². The molecule has 1 rings (SSSR count). The summed E-state index contributed by atoms with van der Waals surface area (Å²) in [4.78, 5) is 16.6. The largest absolute Gasteiger partial charge is 0.476 e. The van der Waals surface area contributed by atoms with Gasteiger partial charge in [-0.05, 0) is 23.2 Å². The minimum atomic E-state index is -2.61. The molecule has 1 heterocycles. The number of halogens is 2. The number of hydrogen-bond donors (Lipinski definition) is 3. The summed E-state index contributed by atoms with van der Waals surface area (Å²) < 4.78 is 0. The van der Waals surface area contributed by atoms with Crippen LogP contribution in [0.2, 0.25) is 0 Å². The Morgan fingerprint density at radius 3 is 2.17 bits per heavy atom. The summed E-state index contributed by atoms with van der Waals surface area (Å²) in [5, 5.41) is 19.1. The Bertz CT molecular complexity index is 269. The molecule has 66 valence electrons. The van der Waals surface area contributed by atoms with E-state index in [9.17, 15) is 4.79 Å². The highest BCUT2D eigenvalue weighted by Gasteiger charge is 2.38. The van der Waals surface area contributed by atoms with Crippen molar-refractivity contribution in [2.24, 2.45) is 9.98 Å². The van der Waals surface area contributed by atoms with E-state index in [1.54, 1.807) is 0 Å². The molecule has 0 unspecified atom stereocenters. The van der Waals surface area contributed by atoms with Crippen molar-refractivity contribution in [3.8, 4) is 0 Å². The Morgan fingerprint density at radius 1 is 1.42 bits per heavy atom. The molecule has 0 saturated carbocycles. The van der Waals surface area contributed by atoms with E-state index < -0.39 is 11.8 Å². The Labute approximate surface area is 76.5 Å². The Hall–Kier alpha value is -0.850. The van der Waals surface area contributed by atoms with Crippen LogP contribution in [-0.4, -0.2) is 32.6 Å². The van der Waals surface area contributed by atoms with Crippen LogP contribution in [0.5, 0.6) is 0 Å². The van der Waals surface area contributed by atoms with Gasteiger partial charge in [-0.1, -0.05) is 0 Å². The van der Waals surface area contributed by atoms with Gasteiger partial charge < -0.3 is 15.5 Å². The normalized spacial score (nSPS) is 20.6. The van der Waals surface area contributed by atoms with Crippen molar-refractivity contribution in [3.63, 3.8) is 0 Å². The quantitative estimate of drug-likeness (QED) is 0.511. The van der Waals surface area contributed by atoms with Gasteiger partial charge in [0.1, 0.15) is 0 Å². The number of aliphatic imine (C=N–C) groups is 2. The maximum absolute atomic E-state index is 10.4. The van der Waals surface area contributed by atoms with Crippen molar-refractivity contribution >= 4 is 39.8 Å². The minimum Gasteiger partial charge on any atom is -0.476 e. The fourth-order valence-electron chi connectivity index (χ4n) is 0.535. The van der Waals surface area contributed by atoms with Gasteiger partial charge in [0.2, 0.25) is 10.6 Å². The van der Waals surface area contributed by atoms with Crippen LogP contribution < -0.4 is 5.32 Å². The molecule has 0 amide bonds. The standard InChI is InChI=1S/C4H3Cl2N3O3/c5-2-7-3(6)9-4(12,8-2)1(10)11/h12H,(H,10,11)(H,7,8,9). The lowest BCUT2D eigenvalue weighted by Gasteiger charge is -2.18. The zero-order chi connectivity index (χ0) is 9.35. The summed E-state index contributed by atoms with van der Waals surface area (Å²) >= 11 is 10.6. The van der Waals surface area contributed by atoms with Crippen LogP contribution in [0.1, 0.15) is 0 Å². The first kappa shape index (κ1) is 9.24. The third-order valence-electron chi connectivity index (χ3n) is 1.00. The molecular formula is C4H3Cl2N3O3. The summed E-state index contributed by atoms with van der Waals surface area (Å²) in [6.07, 6.45) is 0. The van der Waals surface area contributed by atoms with Crippen molar-refractivity contribution in [2.45, 2.75) is 5.85 Å². The van der Waals surface area contributed by atoms with Crippen molar-refractivity contribution in [2.75, 3.05) is 0 Å². The Kier molecular flexibility index (Phi) is 2.22. The van der Waals surface area contributed by atoms with Crippen LogP contribution in [0.25, 0.3) is 0 Å². The molecule has 6 nitrogen and oxygen atoms in total. The number of carbonyl (C=O) groups is 1. The van der Waals surface area contributed by atoms with Gasteiger partial charge in [0.25, 0.3) is 0 Å². The monoisotopic (exact) mass is 211 g/mol. The van der Waals surface area contributed by atoms with Gasteiger partial charge in [-0.15, -0.1) is 0 Å². The summed E-state index contributed by atoms with van der Waals surface area (Å²) in [6.45, 7) is 0. The highest BCUT2D eigenvalue weighted by molar-refractivity contribution is 6.73. The molecule has 0 aromatic carbocycles. The molecule has 0 fully saturated rings. The molecule has 0 atom stereocenters. The maximum atomic E-state index is 10.4. The summed E-state index contributed by atoms with van der Waals surface area (Å²) in [7, 11) is 0. The fraction of sp³-hybridized carbons (Fsp3) is 0.250. The number of rotatable bonds is 1. The van der Waals surface area contributed by atoms with E-state index in [1.165, 1.54) is 0 Å². The average Bonchev–Trinajstić information content (AvgIpc) is 1.82. The molecule has 1 aliphatic rings. The second kappa shape index (κ2) is 2.89. The van der Waals surface area contributed by atoms with Gasteiger partial charge in [-0.2, -0.15) is 9.98 Å². The molecule has 0 saturated heterocycles. The van der Waals surface area contributed by atoms with Gasteiger partial charge in [0.15, 0.2) is 0 Å². The Balaban J connectivity index is 3.05. The zero-order valence-electron chi connectivity index (χ0n) is 5.45. The number of hydrogen-bond acceptors (Lipinski definition) is 5. The van der Waals surface area contributed by atoms with E-state index >= 15 is 0 Å². The first-order valence-corrected chi connectivity index (χ1v) is 3.43. The van der Waals surface area contributed by atoms with Crippen LogP contribution in [0.4, 0.5) is 0 Å². The number of carboxylic acid groups (broad SMARTS) is 1. The molecule has 0 aliphatic carbocycles. The van der Waals surface area contributed by atoms with Crippen molar-refractivity contribution in [3.05, 3.63) is 0 Å². The van der Waals surface area contributed by atoms with E-state index in [0.717, 1.165) is 0 Å². The fourth-order valence-corrected chi connectivity index (χ4v) is 0.998. The first-order valence-electron chi connectivity index (χ1n) is 2.67. The van der Waals surface area contributed by atoms with Crippen LogP contribution in [-0.2, 0) is 4.79 Å². The minimum absolute atomic E-state index is 0.333. The molecule has 12 heavy (non-hydrogen) atoms. The van der Waals surface area contributed by atoms with Crippen LogP contribution in [0, 0.1) is 0 Å². The first-order chi connectivity index (χ1) is 5.44. The van der Waals surface area contributed by atoms with Gasteiger partial charge >= 0.3 is 11.8 Å². The Morgan fingerprint density at radius 2 is 1.83 bits per heavy atom. The number of aliphatic hydroxyl groups is 1. The molecule has 0 spiro atoms. The molecule has 0 aromatic heterocycles. The lowest BCUT2D eigenvalue weighted by Crippen LogP contribution is -2.43. The molecule has 1 aliphatic heterocycles. The predicted molar refractivity (Wildman–Crippen MR) is 42.3 cm³/mol. The van der Waals surface area contributed by atoms with Crippen molar-refractivity contribution in [1.82, 2.24) is 5.32 Å². The summed E-state index contributed by atoms with van der Waals surface area (Å²) in [5.41, 5.74) is 0. The van der Waals surface area contributed by atoms with E-state index in [0.29, 0.717) is 0 Å². The predicted octanol–water partition coefficient (Wildman–Crippen LogP) is -0.490. The highest BCUT2D eigenvalue weighted by atomic mass is 35.5. The van der Waals surface area contributed by atoms with Crippen LogP contribution in [0.3, 0.4) is 0 Å². The SMILES string of the molecule is O=C(O)C1(O)N=C(Cl)NC(Cl)=N1. The molecule has 0 radical (unpaired) electrons. The van der Waals surface area contributed by atoms with E-state index in [1.807, 2.05) is 0 Å². The smallest absolute Gasteiger partial charge is 0.384 e. The number of nitrogens with zero attached hydrogens (tertiary/aromatic N) is 2. The number of amidine groups is 2. The van der Waals surface area contributed by atoms with Gasteiger partial charge in [0.05, 0.1) is 0 Å². The zero-order valence-corrected chi connectivity index (χ0v) is 6.96. The van der Waals surface area contributed by atoms with Gasteiger partial charge in [0, 0.05) is 0 Å². The van der Waals surface area contributed by atoms with Gasteiger partial charge in [-0.25, -0.2) is 4.79 Å². The lowest BCUT2D eigenvalue weighted by atomic mass is 10.4. The molecule has 0 aromatic rings. The molecule has 0 bridgehead atoms. The second-order valence-electron chi connectivity index (χ2n) is 1.87. The van der Waals surface area contributed by atoms with Crippen LogP contribution in [0.15, 0.2) is 9.98 Å². The highest BCUT2D eigenvalue weighted by Crippen LogP contribution is 2.14. The van der Waals surface area contributed by atoms with E-state index in [-0.39, 0.29) is 10.6 Å². The molecular weight excluding hydrogens is 209 g/mol. The van der Waals surface area contributed by atoms with Crippen molar-refractivity contribution in [1.29, 1.82) is 0 Å². The lowest BCUT2D eigenvalue weighted by molar-refractivity contribution is -0.156. The maximum Gasteiger partial charge on any atom is 0.384 e. The second-order valence-corrected chi connectivity index (χ2v) is 2.59. The average molecular weight is 212 g/mol. The third-order valence-corrected chi connectivity index (χ3v) is 1.36. The molecule has 8 heteroatoms. The number of aliphatic carboxylic acids is 1. The number of nitrogens with one attached hydrogen (secondary N) is 1. The van der Waals surface area contributed by atoms with E-state index in [2.05, 4.69) is 15.3 Å². The van der Waals surface area contributed by atoms with Gasteiger partial charge in [-0.3, -0.25) is 0 Å². The van der Waals surface area contributed by atoms with E-state index in [4.69, 9.17) is 33.4 Å². The molecule has 3 N–H and O–H groups in total. The number of carboxylic acids is 1. The summed E-state index contributed by atoms with van der Waals surface area (Å²) in [5.74, 6) is -4.26. The van der Waals surface area contributed by atoms with Crippen LogP contribution >= 0.6 is 23.2 Å². The topological polar surface area (TPSA) is 94.3 Å². The third kappa shape index (κ3) is 1.66.